The third kappa shape index (κ3) is 7.02. The molecule has 1 spiro atoms. The summed E-state index contributed by atoms with van der Waals surface area (Å²) in [5.74, 6) is -0.822. The number of benzene rings is 3. The van der Waals surface area contributed by atoms with E-state index in [1.807, 2.05) is 99.0 Å². The summed E-state index contributed by atoms with van der Waals surface area (Å²) in [6, 6.07) is 23.3. The molecule has 4 aromatic rings. The van der Waals surface area contributed by atoms with Crippen molar-refractivity contribution in [2.24, 2.45) is 11.8 Å². The molecule has 2 fully saturated rings. The molecular weight excluding hydrogens is 740 g/mol. The van der Waals surface area contributed by atoms with Crippen molar-refractivity contribution >= 4 is 47.4 Å². The number of aryl methyl sites for hydroxylation is 1. The van der Waals surface area contributed by atoms with Gasteiger partial charge < -0.3 is 30.2 Å². The summed E-state index contributed by atoms with van der Waals surface area (Å²) in [7, 11) is -2.87. The van der Waals surface area contributed by atoms with E-state index < -0.39 is 20.0 Å². The fourth-order valence-corrected chi connectivity index (χ4v) is 11.6. The van der Waals surface area contributed by atoms with E-state index in [-0.39, 0.29) is 41.7 Å². The lowest BCUT2D eigenvalue weighted by Gasteiger charge is -2.32. The van der Waals surface area contributed by atoms with Crippen molar-refractivity contribution < 1.29 is 24.2 Å². The van der Waals surface area contributed by atoms with E-state index >= 15 is 0 Å². The molecule has 2 unspecified atom stereocenters. The number of hydrogen-bond donors (Lipinski definition) is 4. The number of nitrogens with one attached hydrogen (secondary N) is 2. The highest BCUT2D eigenvalue weighted by molar-refractivity contribution is 9.10. The van der Waals surface area contributed by atoms with E-state index in [1.165, 1.54) is 0 Å². The molecule has 3 aliphatic rings. The maximum absolute atomic E-state index is 14.9. The molecular formula is C39H47BrN6O5Si. The van der Waals surface area contributed by atoms with Gasteiger partial charge in [-0.25, -0.2) is 0 Å². The maximum Gasteiger partial charge on any atom is 0.264 e. The Morgan fingerprint density at radius 1 is 1.15 bits per heavy atom. The molecule has 13 heteroatoms. The van der Waals surface area contributed by atoms with Gasteiger partial charge in [-0.1, -0.05) is 70.5 Å². The molecule has 0 radical (unpaired) electrons. The smallest absolute Gasteiger partial charge is 0.264 e. The van der Waals surface area contributed by atoms with Gasteiger partial charge in [-0.2, -0.15) is 0 Å². The number of ether oxygens (including phenoxy) is 1. The Balaban J connectivity index is 1.14. The van der Waals surface area contributed by atoms with Crippen LogP contribution >= 0.6 is 15.9 Å². The Morgan fingerprint density at radius 3 is 2.69 bits per heavy atom. The van der Waals surface area contributed by atoms with Gasteiger partial charge in [0.25, 0.3) is 5.91 Å². The molecule has 3 aliphatic heterocycles. The first kappa shape index (κ1) is 36.6. The molecule has 3 aromatic carbocycles. The average molecular weight is 788 g/mol. The van der Waals surface area contributed by atoms with Gasteiger partial charge in [-0.3, -0.25) is 14.3 Å². The Hall–Kier alpha value is -3.72. The molecule has 274 valence electrons. The molecule has 6 atom stereocenters. The minimum absolute atomic E-state index is 0.00308. The van der Waals surface area contributed by atoms with Gasteiger partial charge in [0, 0.05) is 46.5 Å². The summed E-state index contributed by atoms with van der Waals surface area (Å²) in [5, 5.41) is 25.3. The van der Waals surface area contributed by atoms with Crippen LogP contribution in [-0.2, 0) is 33.0 Å². The predicted octanol–water partition coefficient (Wildman–Crippen LogP) is 5.54. The van der Waals surface area contributed by atoms with E-state index in [2.05, 4.69) is 36.9 Å². The monoisotopic (exact) mass is 786 g/mol. The summed E-state index contributed by atoms with van der Waals surface area (Å²) >= 11 is 3.65. The Bertz CT molecular complexity index is 1910. The van der Waals surface area contributed by atoms with Crippen LogP contribution in [0.15, 0.2) is 83.5 Å². The molecule has 2 amide bonds. The molecule has 4 heterocycles. The number of aliphatic hydroxyl groups is 1. The lowest BCUT2D eigenvalue weighted by atomic mass is 9.82. The minimum atomic E-state index is -2.87. The molecule has 2 saturated heterocycles. The van der Waals surface area contributed by atoms with Crippen LogP contribution in [0.5, 0.6) is 0 Å². The van der Waals surface area contributed by atoms with Crippen LogP contribution in [0.4, 0.5) is 11.4 Å². The second-order valence-corrected chi connectivity index (χ2v) is 19.9. The normalized spacial score (nSPS) is 25.0. The molecule has 11 nitrogen and oxygen atoms in total. The lowest BCUT2D eigenvalue weighted by molar-refractivity contribution is -0.146. The third-order valence-corrected chi connectivity index (χ3v) is 14.1. The second-order valence-electron chi connectivity index (χ2n) is 15.0. The zero-order valence-corrected chi connectivity index (χ0v) is 32.4. The Morgan fingerprint density at radius 2 is 1.96 bits per heavy atom. The molecule has 52 heavy (non-hydrogen) atoms. The van der Waals surface area contributed by atoms with Gasteiger partial charge in [-0.05, 0) is 80.4 Å². The fourth-order valence-electron chi connectivity index (χ4n) is 8.62. The number of aromatic nitrogens is 3. The van der Waals surface area contributed by atoms with Crippen molar-refractivity contribution in [1.82, 2.24) is 20.3 Å². The molecule has 7 rings (SSSR count). The van der Waals surface area contributed by atoms with Gasteiger partial charge in [0.05, 0.1) is 42.5 Å². The van der Waals surface area contributed by atoms with Crippen LogP contribution in [-0.4, -0.2) is 70.8 Å². The number of piperidine rings is 1. The standard InChI is InChI=1S/C39H47BrN6O5Si/c1-25-36(52(2,3)50)35(16-18-45-23-33(43-44-45)31(24-47)27-10-5-4-6-11-27)51-39(25)32-20-29(40)14-15-34(32)46(38(39)49)22-26-9-7-13-30(19-26)42-37(48)28-12-8-17-41-21-28/h4-7,9-11,13-15,19-20,23,25,28,31,35-36,41,47,50H,8,12,16-18,21-22,24H2,1-3H3,(H,42,48)/t25-,28?,31?,35+,36-,39+/m0/s1. The molecule has 0 bridgehead atoms. The lowest BCUT2D eigenvalue weighted by Crippen LogP contribution is -2.46. The van der Waals surface area contributed by atoms with Gasteiger partial charge in [-0.15, -0.1) is 5.10 Å². The van der Waals surface area contributed by atoms with Crippen LogP contribution in [0.3, 0.4) is 0 Å². The van der Waals surface area contributed by atoms with E-state index in [1.54, 1.807) is 9.58 Å². The van der Waals surface area contributed by atoms with Crippen LogP contribution in [0.2, 0.25) is 18.6 Å². The van der Waals surface area contributed by atoms with Crippen molar-refractivity contribution in [3.05, 3.63) is 106 Å². The number of nitrogens with zero attached hydrogens (tertiary/aromatic N) is 4. The van der Waals surface area contributed by atoms with Crippen molar-refractivity contribution in [1.29, 1.82) is 0 Å². The zero-order chi connectivity index (χ0) is 36.6. The maximum atomic E-state index is 14.9. The van der Waals surface area contributed by atoms with Gasteiger partial charge in [0.15, 0.2) is 13.9 Å². The zero-order valence-electron chi connectivity index (χ0n) is 29.8. The van der Waals surface area contributed by atoms with Crippen LogP contribution < -0.4 is 15.5 Å². The third-order valence-electron chi connectivity index (χ3n) is 11.1. The van der Waals surface area contributed by atoms with Crippen molar-refractivity contribution in [3.8, 4) is 0 Å². The van der Waals surface area contributed by atoms with Crippen LogP contribution in [0, 0.1) is 11.8 Å². The summed E-state index contributed by atoms with van der Waals surface area (Å²) < 4.78 is 9.63. The molecule has 0 saturated carbocycles. The van der Waals surface area contributed by atoms with Crippen molar-refractivity contribution in [2.45, 2.75) is 75.5 Å². The summed E-state index contributed by atoms with van der Waals surface area (Å²) in [6.07, 6.45) is 3.80. The van der Waals surface area contributed by atoms with Crippen molar-refractivity contribution in [2.75, 3.05) is 29.9 Å². The van der Waals surface area contributed by atoms with Gasteiger partial charge in [0.2, 0.25) is 5.91 Å². The van der Waals surface area contributed by atoms with Gasteiger partial charge >= 0.3 is 0 Å². The highest BCUT2D eigenvalue weighted by atomic mass is 79.9. The van der Waals surface area contributed by atoms with E-state index in [0.29, 0.717) is 37.4 Å². The number of aliphatic hydroxyl groups excluding tert-OH is 1. The molecule has 4 N–H and O–H groups in total. The Kier molecular flexibility index (Phi) is 10.5. The summed E-state index contributed by atoms with van der Waals surface area (Å²) in [5.41, 5.74) is 3.25. The van der Waals surface area contributed by atoms with E-state index in [0.717, 1.165) is 46.2 Å². The number of rotatable bonds is 11. The summed E-state index contributed by atoms with van der Waals surface area (Å²) in [6.45, 7) is 8.17. The van der Waals surface area contributed by atoms with Crippen LogP contribution in [0.1, 0.15) is 54.5 Å². The topological polar surface area (TPSA) is 142 Å². The van der Waals surface area contributed by atoms with E-state index in [9.17, 15) is 19.5 Å². The largest absolute Gasteiger partial charge is 0.432 e. The molecule has 0 aliphatic carbocycles. The summed E-state index contributed by atoms with van der Waals surface area (Å²) in [4.78, 5) is 41.4. The SMILES string of the molecule is C[C@H]1[C@H]([Si](C)(C)O)[C@@H](CCn2cc(C(CO)c3ccccc3)nn2)O[C@]12C(=O)N(Cc1cccc(NC(=O)C3CCCNC3)c1)c1ccc(Br)cc12. The van der Waals surface area contributed by atoms with E-state index in [4.69, 9.17) is 4.74 Å². The number of halogens is 1. The number of fused-ring (bicyclic) bond motifs is 2. The van der Waals surface area contributed by atoms with Crippen LogP contribution in [0.25, 0.3) is 0 Å². The number of carbonyl (C=O) groups is 2. The number of carbonyl (C=O) groups excluding carboxylic acids is 2. The Labute approximate surface area is 314 Å². The van der Waals surface area contributed by atoms with Crippen molar-refractivity contribution in [3.63, 3.8) is 0 Å². The highest BCUT2D eigenvalue weighted by Gasteiger charge is 2.66. The number of hydrogen-bond acceptors (Lipinski definition) is 8. The highest BCUT2D eigenvalue weighted by Crippen LogP contribution is 2.60. The van der Waals surface area contributed by atoms with Gasteiger partial charge in [0.1, 0.15) is 0 Å². The first-order valence-corrected chi connectivity index (χ1v) is 22.0. The first-order chi connectivity index (χ1) is 25.0. The number of amides is 2. The first-order valence-electron chi connectivity index (χ1n) is 18.2. The fraction of sp³-hybridized carbons (Fsp3) is 0.436. The average Bonchev–Trinajstić information content (AvgIpc) is 3.79. The predicted molar refractivity (Wildman–Crippen MR) is 205 cm³/mol. The molecule has 1 aromatic heterocycles. The minimum Gasteiger partial charge on any atom is -0.432 e. The second kappa shape index (κ2) is 15.0. The number of anilines is 2. The quantitative estimate of drug-likeness (QED) is 0.145.